The lowest BCUT2D eigenvalue weighted by molar-refractivity contribution is -0.124. The summed E-state index contributed by atoms with van der Waals surface area (Å²) < 4.78 is 28.6. The second-order valence-corrected chi connectivity index (χ2v) is 6.47. The predicted octanol–water partition coefficient (Wildman–Crippen LogP) is 2.27. The van der Waals surface area contributed by atoms with Crippen molar-refractivity contribution in [1.29, 1.82) is 0 Å². The average molecular weight is 338 g/mol. The standard InChI is InChI=1S/C17H20F2N2O3/c1-21(13-6-11-8-15(22)20-9-12(11)7-13)16(23)10-2-4-14(5-3-10)24-17(18)19/h2-5,11-13,17H,6-9H2,1H3,(H,20,22)/t11-,12+,13-/m1/s1. The molecule has 1 aromatic rings. The molecule has 0 radical (unpaired) electrons. The second-order valence-electron chi connectivity index (χ2n) is 6.47. The number of ether oxygens (including phenoxy) is 1. The molecular formula is C17H20F2N2O3. The third-order valence-electron chi connectivity index (χ3n) is 5.02. The zero-order valence-corrected chi connectivity index (χ0v) is 13.4. The Morgan fingerprint density at radius 3 is 2.58 bits per heavy atom. The molecule has 7 heteroatoms. The van der Waals surface area contributed by atoms with Crippen molar-refractivity contribution in [2.75, 3.05) is 13.6 Å². The van der Waals surface area contributed by atoms with Gasteiger partial charge in [-0.1, -0.05) is 0 Å². The van der Waals surface area contributed by atoms with E-state index in [1.165, 1.54) is 24.3 Å². The van der Waals surface area contributed by atoms with Crippen LogP contribution in [-0.4, -0.2) is 43.0 Å². The molecule has 1 N–H and O–H groups in total. The zero-order chi connectivity index (χ0) is 17.3. The molecule has 1 aromatic carbocycles. The van der Waals surface area contributed by atoms with Crippen LogP contribution in [0.15, 0.2) is 24.3 Å². The third kappa shape index (κ3) is 3.49. The van der Waals surface area contributed by atoms with Gasteiger partial charge in [-0.15, -0.1) is 0 Å². The highest BCUT2D eigenvalue weighted by molar-refractivity contribution is 5.94. The quantitative estimate of drug-likeness (QED) is 0.916. The second kappa shape index (κ2) is 6.75. The molecule has 1 heterocycles. The number of halogens is 2. The minimum absolute atomic E-state index is 0.0284. The van der Waals surface area contributed by atoms with E-state index in [2.05, 4.69) is 10.1 Å². The topological polar surface area (TPSA) is 58.6 Å². The smallest absolute Gasteiger partial charge is 0.387 e. The van der Waals surface area contributed by atoms with Crippen LogP contribution in [0.5, 0.6) is 5.75 Å². The van der Waals surface area contributed by atoms with Gasteiger partial charge >= 0.3 is 6.61 Å². The van der Waals surface area contributed by atoms with Gasteiger partial charge in [0.15, 0.2) is 0 Å². The maximum Gasteiger partial charge on any atom is 0.387 e. The molecule has 2 fully saturated rings. The fraction of sp³-hybridized carbons (Fsp3) is 0.529. The van der Waals surface area contributed by atoms with Crippen molar-refractivity contribution in [2.45, 2.75) is 31.9 Å². The number of nitrogens with zero attached hydrogens (tertiary/aromatic N) is 1. The number of rotatable bonds is 4. The monoisotopic (exact) mass is 338 g/mol. The van der Waals surface area contributed by atoms with Crippen molar-refractivity contribution in [1.82, 2.24) is 10.2 Å². The summed E-state index contributed by atoms with van der Waals surface area (Å²) in [6.07, 6.45) is 2.23. The fourth-order valence-corrected chi connectivity index (χ4v) is 3.70. The van der Waals surface area contributed by atoms with Gasteiger partial charge in [0.2, 0.25) is 5.91 Å². The Bertz CT molecular complexity index is 621. The highest BCUT2D eigenvalue weighted by Crippen LogP contribution is 2.38. The highest BCUT2D eigenvalue weighted by atomic mass is 19.3. The lowest BCUT2D eigenvalue weighted by Gasteiger charge is -2.25. The van der Waals surface area contributed by atoms with E-state index in [4.69, 9.17) is 0 Å². The Hall–Kier alpha value is -2.18. The van der Waals surface area contributed by atoms with Gasteiger partial charge in [-0.2, -0.15) is 8.78 Å². The molecule has 1 aliphatic heterocycles. The van der Waals surface area contributed by atoms with Gasteiger partial charge in [0.1, 0.15) is 5.75 Å². The molecule has 3 rings (SSSR count). The minimum Gasteiger partial charge on any atom is -0.435 e. The van der Waals surface area contributed by atoms with E-state index in [1.807, 2.05) is 0 Å². The summed E-state index contributed by atoms with van der Waals surface area (Å²) >= 11 is 0. The first-order valence-electron chi connectivity index (χ1n) is 8.02. The molecule has 130 valence electrons. The molecule has 1 saturated heterocycles. The van der Waals surface area contributed by atoms with E-state index in [1.54, 1.807) is 11.9 Å². The largest absolute Gasteiger partial charge is 0.435 e. The van der Waals surface area contributed by atoms with Gasteiger partial charge < -0.3 is 15.0 Å². The van der Waals surface area contributed by atoms with Crippen LogP contribution >= 0.6 is 0 Å². The number of amides is 2. The van der Waals surface area contributed by atoms with Gasteiger partial charge in [-0.25, -0.2) is 0 Å². The van der Waals surface area contributed by atoms with Gasteiger partial charge in [0, 0.05) is 31.6 Å². The van der Waals surface area contributed by atoms with Gasteiger partial charge in [0.05, 0.1) is 0 Å². The Kier molecular flexibility index (Phi) is 4.69. The maximum absolute atomic E-state index is 12.6. The first kappa shape index (κ1) is 16.7. The Morgan fingerprint density at radius 2 is 1.92 bits per heavy atom. The number of carbonyl (C=O) groups excluding carboxylic acids is 2. The molecule has 2 amide bonds. The van der Waals surface area contributed by atoms with Gasteiger partial charge in [-0.05, 0) is 48.9 Å². The summed E-state index contributed by atoms with van der Waals surface area (Å²) in [5.41, 5.74) is 0.434. The summed E-state index contributed by atoms with van der Waals surface area (Å²) in [5, 5.41) is 2.88. The summed E-state index contributed by atoms with van der Waals surface area (Å²) in [4.78, 5) is 25.8. The number of piperidine rings is 1. The lowest BCUT2D eigenvalue weighted by atomic mass is 9.89. The minimum atomic E-state index is -2.88. The lowest BCUT2D eigenvalue weighted by Crippen LogP contribution is -2.38. The van der Waals surface area contributed by atoms with E-state index < -0.39 is 6.61 Å². The third-order valence-corrected chi connectivity index (χ3v) is 5.02. The molecule has 1 saturated carbocycles. The number of hydrogen-bond acceptors (Lipinski definition) is 3. The molecule has 2 aliphatic rings. The SMILES string of the molecule is CN(C(=O)c1ccc(OC(F)F)cc1)[C@H]1C[C@H]2CNC(=O)C[C@H]2C1. The molecule has 0 aromatic heterocycles. The molecule has 0 unspecified atom stereocenters. The van der Waals surface area contributed by atoms with Crippen molar-refractivity contribution in [3.8, 4) is 5.75 Å². The zero-order valence-electron chi connectivity index (χ0n) is 13.4. The first-order chi connectivity index (χ1) is 11.4. The van der Waals surface area contributed by atoms with E-state index in [9.17, 15) is 18.4 Å². The van der Waals surface area contributed by atoms with E-state index >= 15 is 0 Å². The van der Waals surface area contributed by atoms with Crippen molar-refractivity contribution in [3.63, 3.8) is 0 Å². The summed E-state index contributed by atoms with van der Waals surface area (Å²) in [5.74, 6) is 0.716. The van der Waals surface area contributed by atoms with E-state index in [0.29, 0.717) is 30.4 Å². The number of benzene rings is 1. The van der Waals surface area contributed by atoms with E-state index in [-0.39, 0.29) is 23.6 Å². The summed E-state index contributed by atoms with van der Waals surface area (Å²) in [7, 11) is 1.75. The highest BCUT2D eigenvalue weighted by Gasteiger charge is 2.40. The predicted molar refractivity (Wildman–Crippen MR) is 82.8 cm³/mol. The van der Waals surface area contributed by atoms with Crippen molar-refractivity contribution in [2.24, 2.45) is 11.8 Å². The van der Waals surface area contributed by atoms with Gasteiger partial charge in [-0.3, -0.25) is 9.59 Å². The normalized spacial score (nSPS) is 26.0. The first-order valence-corrected chi connectivity index (χ1v) is 8.02. The van der Waals surface area contributed by atoms with Crippen LogP contribution in [-0.2, 0) is 4.79 Å². The molecule has 24 heavy (non-hydrogen) atoms. The van der Waals surface area contributed by atoms with Crippen LogP contribution in [0, 0.1) is 11.8 Å². The number of nitrogens with one attached hydrogen (secondary N) is 1. The summed E-state index contributed by atoms with van der Waals surface area (Å²) in [6.45, 7) is -2.20. The molecule has 1 aliphatic carbocycles. The maximum atomic E-state index is 12.6. The number of hydrogen-bond donors (Lipinski definition) is 1. The van der Waals surface area contributed by atoms with Crippen molar-refractivity contribution in [3.05, 3.63) is 29.8 Å². The average Bonchev–Trinajstić information content (AvgIpc) is 2.96. The molecule has 3 atom stereocenters. The Balaban J connectivity index is 1.63. The molecular weight excluding hydrogens is 318 g/mol. The summed E-state index contributed by atoms with van der Waals surface area (Å²) in [6, 6.07) is 5.80. The molecule has 0 spiro atoms. The number of alkyl halides is 2. The van der Waals surface area contributed by atoms with Crippen molar-refractivity contribution < 1.29 is 23.1 Å². The van der Waals surface area contributed by atoms with Gasteiger partial charge in [0.25, 0.3) is 5.91 Å². The number of fused-ring (bicyclic) bond motifs is 1. The van der Waals surface area contributed by atoms with Crippen LogP contribution < -0.4 is 10.1 Å². The Labute approximate surface area is 139 Å². The van der Waals surface area contributed by atoms with Crippen LogP contribution in [0.4, 0.5) is 8.78 Å². The molecule has 0 bridgehead atoms. The van der Waals surface area contributed by atoms with Crippen molar-refractivity contribution >= 4 is 11.8 Å². The Morgan fingerprint density at radius 1 is 1.25 bits per heavy atom. The van der Waals surface area contributed by atoms with Crippen LogP contribution in [0.25, 0.3) is 0 Å². The fourth-order valence-electron chi connectivity index (χ4n) is 3.70. The van der Waals surface area contributed by atoms with Crippen LogP contribution in [0.3, 0.4) is 0 Å². The number of carbonyl (C=O) groups is 2. The molecule has 5 nitrogen and oxygen atoms in total. The van der Waals surface area contributed by atoms with Crippen LogP contribution in [0.1, 0.15) is 29.6 Å². The van der Waals surface area contributed by atoms with E-state index in [0.717, 1.165) is 12.8 Å². The van der Waals surface area contributed by atoms with Crippen LogP contribution in [0.2, 0.25) is 0 Å².